The van der Waals surface area contributed by atoms with Crippen LogP contribution in [0.15, 0.2) is 0 Å². The molecule has 1 aliphatic rings. The summed E-state index contributed by atoms with van der Waals surface area (Å²) in [6.45, 7) is 3.23. The van der Waals surface area contributed by atoms with Crippen molar-refractivity contribution in [3.05, 3.63) is 0 Å². The first kappa shape index (κ1) is 12.8. The summed E-state index contributed by atoms with van der Waals surface area (Å²) in [6, 6.07) is -0.815. The van der Waals surface area contributed by atoms with Gasteiger partial charge in [-0.05, 0) is 13.8 Å². The summed E-state index contributed by atoms with van der Waals surface area (Å²) < 4.78 is 10.6. The highest BCUT2D eigenvalue weighted by Gasteiger charge is 2.43. The summed E-state index contributed by atoms with van der Waals surface area (Å²) in [7, 11) is 0. The van der Waals surface area contributed by atoms with Gasteiger partial charge in [0.25, 0.3) is 0 Å². The Morgan fingerprint density at radius 1 is 1.33 bits per heavy atom. The van der Waals surface area contributed by atoms with Gasteiger partial charge in [0.05, 0.1) is 18.8 Å². The van der Waals surface area contributed by atoms with Crippen molar-refractivity contribution in [1.29, 1.82) is 0 Å². The van der Waals surface area contributed by atoms with Crippen LogP contribution in [0.1, 0.15) is 13.8 Å². The summed E-state index contributed by atoms with van der Waals surface area (Å²) in [5, 5.41) is 28.0. The van der Waals surface area contributed by atoms with Crippen molar-refractivity contribution >= 4 is 0 Å². The number of aliphatic hydroxyl groups excluding tert-OH is 3. The average molecular weight is 221 g/mol. The number of aliphatic hydroxyl groups is 3. The zero-order valence-corrected chi connectivity index (χ0v) is 8.91. The molecule has 0 radical (unpaired) electrons. The predicted octanol–water partition coefficient (Wildman–Crippen LogP) is -1.82. The molecule has 0 aromatic carbocycles. The Balaban J connectivity index is 2.65. The van der Waals surface area contributed by atoms with Crippen molar-refractivity contribution in [2.75, 3.05) is 6.61 Å². The van der Waals surface area contributed by atoms with E-state index in [-0.39, 0.29) is 12.7 Å². The number of hydrogen-bond acceptors (Lipinski definition) is 6. The van der Waals surface area contributed by atoms with E-state index < -0.39 is 30.6 Å². The second-order valence-corrected chi connectivity index (χ2v) is 3.97. The fourth-order valence-electron chi connectivity index (χ4n) is 1.49. The molecule has 6 nitrogen and oxygen atoms in total. The molecule has 1 aliphatic heterocycles. The van der Waals surface area contributed by atoms with Gasteiger partial charge in [0, 0.05) is 0 Å². The Hall–Kier alpha value is -0.240. The van der Waals surface area contributed by atoms with Crippen molar-refractivity contribution in [1.82, 2.24) is 0 Å². The Morgan fingerprint density at radius 3 is 2.40 bits per heavy atom. The molecule has 90 valence electrons. The van der Waals surface area contributed by atoms with Gasteiger partial charge < -0.3 is 30.5 Å². The summed E-state index contributed by atoms with van der Waals surface area (Å²) in [4.78, 5) is 0. The van der Waals surface area contributed by atoms with E-state index in [2.05, 4.69) is 0 Å². The van der Waals surface area contributed by atoms with Crippen LogP contribution >= 0.6 is 0 Å². The summed E-state index contributed by atoms with van der Waals surface area (Å²) in [5.41, 5.74) is 5.64. The average Bonchev–Trinajstić information content (AvgIpc) is 2.18. The van der Waals surface area contributed by atoms with Crippen molar-refractivity contribution in [2.45, 2.75) is 50.6 Å². The number of ether oxygens (including phenoxy) is 2. The maximum atomic E-state index is 9.58. The first-order chi connectivity index (χ1) is 6.97. The van der Waals surface area contributed by atoms with Crippen LogP contribution < -0.4 is 5.73 Å². The molecular formula is C9H19NO5. The summed E-state index contributed by atoms with van der Waals surface area (Å²) in [5.74, 6) is 0. The van der Waals surface area contributed by atoms with Crippen LogP contribution in [0.5, 0.6) is 0 Å². The molecule has 1 rings (SSSR count). The van der Waals surface area contributed by atoms with Crippen LogP contribution in [-0.4, -0.2) is 58.7 Å². The molecule has 15 heavy (non-hydrogen) atoms. The molecule has 0 bridgehead atoms. The fraction of sp³-hybridized carbons (Fsp3) is 1.00. The van der Waals surface area contributed by atoms with Crippen LogP contribution in [0.2, 0.25) is 0 Å². The van der Waals surface area contributed by atoms with Gasteiger partial charge in [-0.15, -0.1) is 0 Å². The Bertz CT molecular complexity index is 199. The highest BCUT2D eigenvalue weighted by atomic mass is 16.7. The zero-order valence-electron chi connectivity index (χ0n) is 8.91. The SMILES string of the molecule is CC(C)O[C@@H]1OC(CO)[C@@H](O)C(O)C1N. The van der Waals surface area contributed by atoms with E-state index >= 15 is 0 Å². The van der Waals surface area contributed by atoms with E-state index in [0.29, 0.717) is 0 Å². The van der Waals surface area contributed by atoms with Gasteiger partial charge in [0.2, 0.25) is 0 Å². The molecule has 1 heterocycles. The number of hydrogen-bond donors (Lipinski definition) is 4. The van der Waals surface area contributed by atoms with E-state index in [0.717, 1.165) is 0 Å². The van der Waals surface area contributed by atoms with Crippen LogP contribution in [-0.2, 0) is 9.47 Å². The van der Waals surface area contributed by atoms with Crippen molar-refractivity contribution in [2.24, 2.45) is 5.73 Å². The summed E-state index contributed by atoms with van der Waals surface area (Å²) >= 11 is 0. The van der Waals surface area contributed by atoms with Crippen LogP contribution in [0.4, 0.5) is 0 Å². The molecule has 1 fully saturated rings. The molecular weight excluding hydrogens is 202 g/mol. The molecule has 3 unspecified atom stereocenters. The molecule has 0 aromatic rings. The van der Waals surface area contributed by atoms with Gasteiger partial charge in [-0.1, -0.05) is 0 Å². The lowest BCUT2D eigenvalue weighted by molar-refractivity contribution is -0.274. The third-order valence-electron chi connectivity index (χ3n) is 2.33. The van der Waals surface area contributed by atoms with Crippen molar-refractivity contribution in [3.63, 3.8) is 0 Å². The highest BCUT2D eigenvalue weighted by molar-refractivity contribution is 4.91. The highest BCUT2D eigenvalue weighted by Crippen LogP contribution is 2.21. The monoisotopic (exact) mass is 221 g/mol. The minimum atomic E-state index is -1.18. The lowest BCUT2D eigenvalue weighted by Gasteiger charge is -2.40. The van der Waals surface area contributed by atoms with Crippen molar-refractivity contribution < 1.29 is 24.8 Å². The first-order valence-corrected chi connectivity index (χ1v) is 5.01. The maximum absolute atomic E-state index is 9.58. The zero-order chi connectivity index (χ0) is 11.6. The molecule has 0 amide bonds. The second kappa shape index (κ2) is 5.20. The first-order valence-electron chi connectivity index (χ1n) is 5.01. The standard InChI is InChI=1S/C9H19NO5/c1-4(2)14-9-6(10)8(13)7(12)5(3-11)15-9/h4-9,11-13H,3,10H2,1-2H3/t5?,6?,7-,8?,9-/m1/s1. The van der Waals surface area contributed by atoms with Gasteiger partial charge in [0.1, 0.15) is 18.3 Å². The lowest BCUT2D eigenvalue weighted by atomic mass is 9.98. The molecule has 0 aromatic heterocycles. The number of nitrogens with two attached hydrogens (primary N) is 1. The predicted molar refractivity (Wildman–Crippen MR) is 52.0 cm³/mol. The molecule has 6 heteroatoms. The van der Waals surface area contributed by atoms with E-state index in [1.165, 1.54) is 0 Å². The molecule has 5 atom stereocenters. The smallest absolute Gasteiger partial charge is 0.176 e. The molecule has 0 spiro atoms. The second-order valence-electron chi connectivity index (χ2n) is 3.97. The van der Waals surface area contributed by atoms with Gasteiger partial charge in [-0.3, -0.25) is 0 Å². The Morgan fingerprint density at radius 2 is 1.93 bits per heavy atom. The van der Waals surface area contributed by atoms with E-state index in [1.54, 1.807) is 13.8 Å². The molecule has 1 saturated heterocycles. The quantitative estimate of drug-likeness (QED) is 0.447. The van der Waals surface area contributed by atoms with E-state index in [1.807, 2.05) is 0 Å². The van der Waals surface area contributed by atoms with E-state index in [4.69, 9.17) is 20.3 Å². The Labute approximate surface area is 88.6 Å². The summed E-state index contributed by atoms with van der Waals surface area (Å²) in [6.07, 6.45) is -4.11. The topological polar surface area (TPSA) is 105 Å². The van der Waals surface area contributed by atoms with Crippen molar-refractivity contribution in [3.8, 4) is 0 Å². The van der Waals surface area contributed by atoms with Crippen LogP contribution in [0.3, 0.4) is 0 Å². The maximum Gasteiger partial charge on any atom is 0.176 e. The third-order valence-corrected chi connectivity index (χ3v) is 2.33. The minimum Gasteiger partial charge on any atom is -0.394 e. The van der Waals surface area contributed by atoms with E-state index in [9.17, 15) is 10.2 Å². The Kier molecular flexibility index (Phi) is 4.45. The van der Waals surface area contributed by atoms with Crippen LogP contribution in [0.25, 0.3) is 0 Å². The lowest BCUT2D eigenvalue weighted by Crippen LogP contribution is -2.62. The van der Waals surface area contributed by atoms with Gasteiger partial charge in [-0.25, -0.2) is 0 Å². The van der Waals surface area contributed by atoms with Crippen LogP contribution in [0, 0.1) is 0 Å². The normalized spacial score (nSPS) is 42.2. The fourth-order valence-corrected chi connectivity index (χ4v) is 1.49. The van der Waals surface area contributed by atoms with Gasteiger partial charge >= 0.3 is 0 Å². The number of rotatable bonds is 3. The molecule has 5 N–H and O–H groups in total. The minimum absolute atomic E-state index is 0.108. The van der Waals surface area contributed by atoms with Gasteiger partial charge in [0.15, 0.2) is 6.29 Å². The molecule has 0 saturated carbocycles. The molecule has 0 aliphatic carbocycles. The van der Waals surface area contributed by atoms with Gasteiger partial charge in [-0.2, -0.15) is 0 Å². The third kappa shape index (κ3) is 2.87. The largest absolute Gasteiger partial charge is 0.394 e.